The summed E-state index contributed by atoms with van der Waals surface area (Å²) in [6, 6.07) is 17.5. The average molecular weight is 492 g/mol. The maximum Gasteiger partial charge on any atom is 0.333 e. The lowest BCUT2D eigenvalue weighted by atomic mass is 10.0. The largest absolute Gasteiger partial charge is 0.481 e. The zero-order chi connectivity index (χ0) is 24.7. The first-order valence-electron chi connectivity index (χ1n) is 11.0. The summed E-state index contributed by atoms with van der Waals surface area (Å²) >= 11 is 0. The number of aryl methyl sites for hydroxylation is 1. The van der Waals surface area contributed by atoms with Gasteiger partial charge in [0, 0.05) is 6.54 Å². The van der Waals surface area contributed by atoms with Crippen LogP contribution < -0.4 is 15.6 Å². The number of carbonyl (C=O) groups is 1. The molecular formula is C25H21N3O6S. The topological polar surface area (TPSA) is 130 Å². The first-order valence-corrected chi connectivity index (χ1v) is 12.4. The SMILES string of the molecule is O=C(O)Cc1cccc2[nH]c(=O)n(-c3cccc(S(=O)(=O)N4CCCc5ccccc54)c3)c(=O)c12. The molecule has 3 aromatic carbocycles. The van der Waals surface area contributed by atoms with Gasteiger partial charge in [-0.05, 0) is 54.3 Å². The number of carboxylic acid groups (broad SMARTS) is 1. The van der Waals surface area contributed by atoms with E-state index in [2.05, 4.69) is 4.98 Å². The van der Waals surface area contributed by atoms with E-state index in [9.17, 15) is 27.9 Å². The van der Waals surface area contributed by atoms with Crippen molar-refractivity contribution in [3.05, 3.63) is 98.7 Å². The lowest BCUT2D eigenvalue weighted by Gasteiger charge is -2.30. The summed E-state index contributed by atoms with van der Waals surface area (Å²) in [7, 11) is -3.97. The van der Waals surface area contributed by atoms with Crippen LogP contribution in [0.1, 0.15) is 17.5 Å². The number of H-pyrrole nitrogens is 1. The van der Waals surface area contributed by atoms with Crippen LogP contribution in [0, 0.1) is 0 Å². The molecule has 0 atom stereocenters. The van der Waals surface area contributed by atoms with Crippen LogP contribution in [0.5, 0.6) is 0 Å². The molecule has 2 heterocycles. The third kappa shape index (κ3) is 3.91. The first kappa shape index (κ1) is 22.6. The minimum Gasteiger partial charge on any atom is -0.481 e. The normalized spacial score (nSPS) is 13.5. The number of anilines is 1. The Morgan fingerprint density at radius 1 is 1.00 bits per heavy atom. The van der Waals surface area contributed by atoms with Crippen molar-refractivity contribution in [1.82, 2.24) is 9.55 Å². The van der Waals surface area contributed by atoms with Crippen LogP contribution in [0.4, 0.5) is 5.69 Å². The van der Waals surface area contributed by atoms with E-state index in [4.69, 9.17) is 0 Å². The highest BCUT2D eigenvalue weighted by atomic mass is 32.2. The summed E-state index contributed by atoms with van der Waals surface area (Å²) in [4.78, 5) is 40.0. The molecule has 0 unspecified atom stereocenters. The molecule has 0 spiro atoms. The van der Waals surface area contributed by atoms with Gasteiger partial charge < -0.3 is 10.1 Å². The fourth-order valence-corrected chi connectivity index (χ4v) is 6.12. The van der Waals surface area contributed by atoms with Gasteiger partial charge in [0.25, 0.3) is 15.6 Å². The van der Waals surface area contributed by atoms with E-state index in [1.54, 1.807) is 18.2 Å². The van der Waals surface area contributed by atoms with Crippen molar-refractivity contribution in [3.8, 4) is 5.69 Å². The molecule has 10 heteroatoms. The highest BCUT2D eigenvalue weighted by molar-refractivity contribution is 7.92. The standard InChI is InChI=1S/C25H21N3O6S/c29-22(30)14-17-7-3-11-20-23(17)24(31)28(25(32)26-20)18-9-4-10-19(15-18)35(33,34)27-13-5-8-16-6-1-2-12-21(16)27/h1-4,6-7,9-12,15H,5,8,13-14H2,(H,26,32)(H,29,30). The van der Waals surface area contributed by atoms with Crippen molar-refractivity contribution in [3.63, 3.8) is 0 Å². The van der Waals surface area contributed by atoms with Gasteiger partial charge in [0.1, 0.15) is 0 Å². The third-order valence-corrected chi connectivity index (χ3v) is 7.89. The monoisotopic (exact) mass is 491 g/mol. The molecule has 4 aromatic rings. The number of nitrogens with zero attached hydrogens (tertiary/aromatic N) is 2. The fraction of sp³-hybridized carbons (Fsp3) is 0.160. The molecule has 1 aromatic heterocycles. The van der Waals surface area contributed by atoms with Gasteiger partial charge in [0.05, 0.1) is 33.6 Å². The van der Waals surface area contributed by atoms with Crippen LogP contribution in [-0.4, -0.2) is 35.6 Å². The minimum absolute atomic E-state index is 0.0584. The Bertz CT molecular complexity index is 1700. The molecule has 2 N–H and O–H groups in total. The molecule has 0 aliphatic carbocycles. The molecule has 1 aliphatic rings. The Labute approximate surface area is 199 Å². The van der Waals surface area contributed by atoms with Crippen LogP contribution in [0.25, 0.3) is 16.6 Å². The second kappa shape index (κ2) is 8.55. The molecular weight excluding hydrogens is 470 g/mol. The zero-order valence-corrected chi connectivity index (χ0v) is 19.3. The van der Waals surface area contributed by atoms with Gasteiger partial charge >= 0.3 is 11.7 Å². The molecule has 5 rings (SSSR count). The van der Waals surface area contributed by atoms with Gasteiger partial charge in [0.2, 0.25) is 0 Å². The number of nitrogens with one attached hydrogen (secondary N) is 1. The number of benzene rings is 3. The molecule has 0 fully saturated rings. The van der Waals surface area contributed by atoms with E-state index in [1.807, 2.05) is 12.1 Å². The second-order valence-electron chi connectivity index (χ2n) is 8.29. The summed E-state index contributed by atoms with van der Waals surface area (Å²) in [5.74, 6) is -1.12. The van der Waals surface area contributed by atoms with Crippen LogP contribution in [0.3, 0.4) is 0 Å². The Kier molecular flexibility index (Phi) is 5.52. The number of rotatable bonds is 5. The minimum atomic E-state index is -3.97. The van der Waals surface area contributed by atoms with Crippen molar-refractivity contribution < 1.29 is 18.3 Å². The zero-order valence-electron chi connectivity index (χ0n) is 18.5. The van der Waals surface area contributed by atoms with E-state index in [0.29, 0.717) is 18.7 Å². The van der Waals surface area contributed by atoms with Gasteiger partial charge in [0.15, 0.2) is 0 Å². The lowest BCUT2D eigenvalue weighted by Crippen LogP contribution is -2.36. The smallest absolute Gasteiger partial charge is 0.333 e. The Morgan fingerprint density at radius 2 is 1.77 bits per heavy atom. The Balaban J connectivity index is 1.66. The molecule has 35 heavy (non-hydrogen) atoms. The number of fused-ring (bicyclic) bond motifs is 2. The number of hydrogen-bond donors (Lipinski definition) is 2. The fourth-order valence-electron chi connectivity index (χ4n) is 4.54. The van der Waals surface area contributed by atoms with Gasteiger partial charge in [-0.3, -0.25) is 13.9 Å². The summed E-state index contributed by atoms with van der Waals surface area (Å²) < 4.78 is 29.3. The van der Waals surface area contributed by atoms with Crippen molar-refractivity contribution in [1.29, 1.82) is 0 Å². The Morgan fingerprint density at radius 3 is 2.57 bits per heavy atom. The molecule has 0 saturated heterocycles. The molecule has 0 amide bonds. The quantitative estimate of drug-likeness (QED) is 0.441. The van der Waals surface area contributed by atoms with Crippen LogP contribution in [0.2, 0.25) is 0 Å². The molecule has 0 radical (unpaired) electrons. The van der Waals surface area contributed by atoms with E-state index in [0.717, 1.165) is 16.6 Å². The van der Waals surface area contributed by atoms with Gasteiger partial charge in [-0.15, -0.1) is 0 Å². The lowest BCUT2D eigenvalue weighted by molar-refractivity contribution is -0.136. The highest BCUT2D eigenvalue weighted by Gasteiger charge is 2.29. The van der Waals surface area contributed by atoms with Crippen LogP contribution >= 0.6 is 0 Å². The molecule has 9 nitrogen and oxygen atoms in total. The third-order valence-electron chi connectivity index (χ3n) is 6.09. The van der Waals surface area contributed by atoms with Gasteiger partial charge in [-0.25, -0.2) is 17.8 Å². The number of aliphatic carboxylic acids is 1. The van der Waals surface area contributed by atoms with E-state index in [-0.39, 0.29) is 27.0 Å². The highest BCUT2D eigenvalue weighted by Crippen LogP contribution is 2.32. The van der Waals surface area contributed by atoms with Crippen LogP contribution in [-0.2, 0) is 27.7 Å². The van der Waals surface area contributed by atoms with Crippen molar-refractivity contribution in [2.45, 2.75) is 24.2 Å². The maximum atomic E-state index is 13.6. The second-order valence-corrected chi connectivity index (χ2v) is 10.2. The van der Waals surface area contributed by atoms with Crippen LogP contribution in [0.15, 0.2) is 81.2 Å². The predicted octanol–water partition coefficient (Wildman–Crippen LogP) is 2.45. The summed E-state index contributed by atoms with van der Waals surface area (Å²) in [5, 5.41) is 9.29. The van der Waals surface area contributed by atoms with E-state index >= 15 is 0 Å². The van der Waals surface area contributed by atoms with Crippen molar-refractivity contribution in [2.75, 3.05) is 10.8 Å². The average Bonchev–Trinajstić information content (AvgIpc) is 2.83. The molecule has 0 bridgehead atoms. The number of para-hydroxylation sites is 1. The molecule has 0 saturated carbocycles. The van der Waals surface area contributed by atoms with Gasteiger partial charge in [-0.1, -0.05) is 36.4 Å². The first-order chi connectivity index (χ1) is 16.8. The number of aromatic nitrogens is 2. The number of aromatic amines is 1. The van der Waals surface area contributed by atoms with E-state index in [1.165, 1.54) is 40.7 Å². The summed E-state index contributed by atoms with van der Waals surface area (Å²) in [6.45, 7) is 0.318. The van der Waals surface area contributed by atoms with E-state index < -0.39 is 33.7 Å². The van der Waals surface area contributed by atoms with Crippen molar-refractivity contribution in [2.24, 2.45) is 0 Å². The number of carboxylic acids is 1. The number of hydrogen-bond acceptors (Lipinski definition) is 5. The molecule has 1 aliphatic heterocycles. The van der Waals surface area contributed by atoms with Gasteiger partial charge in [-0.2, -0.15) is 0 Å². The number of sulfonamides is 1. The molecule has 178 valence electrons. The summed E-state index contributed by atoms with van der Waals surface area (Å²) in [6.07, 6.45) is 1.05. The summed E-state index contributed by atoms with van der Waals surface area (Å²) in [5.41, 5.74) is 0.596. The Hall–Kier alpha value is -4.18. The maximum absolute atomic E-state index is 13.6. The van der Waals surface area contributed by atoms with Crippen molar-refractivity contribution >= 4 is 32.6 Å². The predicted molar refractivity (Wildman–Crippen MR) is 131 cm³/mol.